The zero-order chi connectivity index (χ0) is 11.4. The molecule has 1 saturated heterocycles. The summed E-state index contributed by atoms with van der Waals surface area (Å²) in [5, 5.41) is 0. The van der Waals surface area contributed by atoms with Gasteiger partial charge in [0.25, 0.3) is 0 Å². The molecule has 16 heavy (non-hydrogen) atoms. The Morgan fingerprint density at radius 3 is 2.38 bits per heavy atom. The van der Waals surface area contributed by atoms with Gasteiger partial charge in [0.05, 0.1) is 12.7 Å². The molecule has 0 N–H and O–H groups in total. The first-order valence-electron chi connectivity index (χ1n) is 5.38. The van der Waals surface area contributed by atoms with Crippen LogP contribution in [0.25, 0.3) is 0 Å². The molecule has 0 aromatic heterocycles. The highest BCUT2D eigenvalue weighted by molar-refractivity contribution is 5.16. The van der Waals surface area contributed by atoms with Crippen molar-refractivity contribution in [3.8, 4) is 0 Å². The highest BCUT2D eigenvalue weighted by Crippen LogP contribution is 2.14. The van der Waals surface area contributed by atoms with Crippen molar-refractivity contribution < 1.29 is 18.3 Å². The van der Waals surface area contributed by atoms with E-state index >= 15 is 0 Å². The van der Waals surface area contributed by atoms with E-state index in [1.807, 2.05) is 0 Å². The standard InChI is InChI=1S/C12H14F2O2/c13-10-5-9(6-11(14)7-10)8-16-12-1-3-15-4-2-12/h5-7,12H,1-4,8H2. The number of ether oxygens (including phenoxy) is 2. The van der Waals surface area contributed by atoms with Gasteiger partial charge in [0, 0.05) is 19.3 Å². The van der Waals surface area contributed by atoms with Crippen LogP contribution in [0, 0.1) is 11.6 Å². The van der Waals surface area contributed by atoms with Crippen LogP contribution in [0.3, 0.4) is 0 Å². The van der Waals surface area contributed by atoms with Gasteiger partial charge in [0.1, 0.15) is 11.6 Å². The molecule has 0 saturated carbocycles. The zero-order valence-electron chi connectivity index (χ0n) is 8.92. The smallest absolute Gasteiger partial charge is 0.126 e. The van der Waals surface area contributed by atoms with Crippen LogP contribution >= 0.6 is 0 Å². The number of hydrogen-bond acceptors (Lipinski definition) is 2. The third-order valence-corrected chi connectivity index (χ3v) is 2.58. The van der Waals surface area contributed by atoms with Crippen LogP contribution in [0.4, 0.5) is 8.78 Å². The second-order valence-electron chi connectivity index (χ2n) is 3.90. The van der Waals surface area contributed by atoms with Crippen molar-refractivity contribution in [1.29, 1.82) is 0 Å². The number of rotatable bonds is 3. The maximum atomic E-state index is 12.9. The maximum absolute atomic E-state index is 12.9. The predicted octanol–water partition coefficient (Wildman–Crippen LogP) is 2.66. The van der Waals surface area contributed by atoms with E-state index < -0.39 is 11.6 Å². The first-order chi connectivity index (χ1) is 7.74. The molecule has 2 rings (SSSR count). The molecule has 1 aliphatic rings. The van der Waals surface area contributed by atoms with Crippen LogP contribution in [-0.2, 0) is 16.1 Å². The molecular weight excluding hydrogens is 214 g/mol. The van der Waals surface area contributed by atoms with E-state index in [4.69, 9.17) is 9.47 Å². The molecule has 0 aliphatic carbocycles. The minimum atomic E-state index is -0.564. The highest BCUT2D eigenvalue weighted by Gasteiger charge is 2.14. The molecule has 0 unspecified atom stereocenters. The summed E-state index contributed by atoms with van der Waals surface area (Å²) < 4.78 is 36.5. The van der Waals surface area contributed by atoms with Gasteiger partial charge in [0.15, 0.2) is 0 Å². The first kappa shape index (κ1) is 11.5. The first-order valence-corrected chi connectivity index (χ1v) is 5.38. The Morgan fingerprint density at radius 2 is 1.75 bits per heavy atom. The zero-order valence-corrected chi connectivity index (χ0v) is 8.92. The van der Waals surface area contributed by atoms with Crippen LogP contribution in [0.2, 0.25) is 0 Å². The van der Waals surface area contributed by atoms with E-state index in [9.17, 15) is 8.78 Å². The molecule has 88 valence electrons. The molecule has 1 heterocycles. The summed E-state index contributed by atoms with van der Waals surface area (Å²) in [6, 6.07) is 3.45. The normalized spacial score (nSPS) is 17.6. The van der Waals surface area contributed by atoms with Crippen molar-refractivity contribution in [3.63, 3.8) is 0 Å². The van der Waals surface area contributed by atoms with Crippen LogP contribution < -0.4 is 0 Å². The monoisotopic (exact) mass is 228 g/mol. The largest absolute Gasteiger partial charge is 0.381 e. The van der Waals surface area contributed by atoms with Gasteiger partial charge in [-0.3, -0.25) is 0 Å². The molecule has 2 nitrogen and oxygen atoms in total. The van der Waals surface area contributed by atoms with Crippen molar-refractivity contribution >= 4 is 0 Å². The third-order valence-electron chi connectivity index (χ3n) is 2.58. The lowest BCUT2D eigenvalue weighted by Crippen LogP contribution is -2.23. The highest BCUT2D eigenvalue weighted by atomic mass is 19.1. The molecule has 0 atom stereocenters. The Labute approximate surface area is 93.2 Å². The summed E-state index contributed by atoms with van der Waals surface area (Å²) in [5.41, 5.74) is 0.531. The van der Waals surface area contributed by atoms with Gasteiger partial charge in [0.2, 0.25) is 0 Å². The lowest BCUT2D eigenvalue weighted by molar-refractivity contribution is -0.0391. The third kappa shape index (κ3) is 3.25. The Morgan fingerprint density at radius 1 is 1.12 bits per heavy atom. The van der Waals surface area contributed by atoms with Crippen molar-refractivity contribution in [2.75, 3.05) is 13.2 Å². The summed E-state index contributed by atoms with van der Waals surface area (Å²) in [6.07, 6.45) is 1.83. The van der Waals surface area contributed by atoms with Crippen LogP contribution in [0.1, 0.15) is 18.4 Å². The van der Waals surface area contributed by atoms with Crippen LogP contribution in [-0.4, -0.2) is 19.3 Å². The molecule has 4 heteroatoms. The van der Waals surface area contributed by atoms with Gasteiger partial charge in [-0.25, -0.2) is 8.78 Å². The lowest BCUT2D eigenvalue weighted by Gasteiger charge is -2.22. The summed E-state index contributed by atoms with van der Waals surface area (Å²) in [7, 11) is 0. The van der Waals surface area contributed by atoms with E-state index in [1.54, 1.807) is 0 Å². The minimum absolute atomic E-state index is 0.139. The maximum Gasteiger partial charge on any atom is 0.126 e. The topological polar surface area (TPSA) is 18.5 Å². The fraction of sp³-hybridized carbons (Fsp3) is 0.500. The Bertz CT molecular complexity index is 329. The van der Waals surface area contributed by atoms with Gasteiger partial charge in [-0.2, -0.15) is 0 Å². The molecule has 1 aromatic carbocycles. The average molecular weight is 228 g/mol. The summed E-state index contributed by atoms with van der Waals surface area (Å²) in [5.74, 6) is -1.13. The summed E-state index contributed by atoms with van der Waals surface area (Å²) in [6.45, 7) is 1.64. The predicted molar refractivity (Wildman–Crippen MR) is 55.0 cm³/mol. The molecule has 1 aliphatic heterocycles. The minimum Gasteiger partial charge on any atom is -0.381 e. The Balaban J connectivity index is 1.88. The Hall–Kier alpha value is -1.00. The summed E-state index contributed by atoms with van der Waals surface area (Å²) >= 11 is 0. The second-order valence-corrected chi connectivity index (χ2v) is 3.90. The number of benzene rings is 1. The Kier molecular flexibility index (Phi) is 3.85. The SMILES string of the molecule is Fc1cc(F)cc(COC2CCOCC2)c1. The van der Waals surface area contributed by atoms with E-state index in [0.717, 1.165) is 18.9 Å². The fourth-order valence-corrected chi connectivity index (χ4v) is 1.75. The molecule has 1 aromatic rings. The van der Waals surface area contributed by atoms with Crippen molar-refractivity contribution in [3.05, 3.63) is 35.4 Å². The van der Waals surface area contributed by atoms with Crippen molar-refractivity contribution in [2.45, 2.75) is 25.6 Å². The molecule has 0 bridgehead atoms. The van der Waals surface area contributed by atoms with E-state index in [0.29, 0.717) is 18.8 Å². The molecular formula is C12H14F2O2. The van der Waals surface area contributed by atoms with E-state index in [1.165, 1.54) is 12.1 Å². The molecule has 1 fully saturated rings. The number of hydrogen-bond donors (Lipinski definition) is 0. The molecule has 0 radical (unpaired) electrons. The van der Waals surface area contributed by atoms with Gasteiger partial charge in [-0.05, 0) is 30.5 Å². The van der Waals surface area contributed by atoms with Gasteiger partial charge >= 0.3 is 0 Å². The quantitative estimate of drug-likeness (QED) is 0.791. The number of halogens is 2. The lowest BCUT2D eigenvalue weighted by atomic mass is 10.1. The van der Waals surface area contributed by atoms with Crippen molar-refractivity contribution in [2.24, 2.45) is 0 Å². The average Bonchev–Trinajstić information content (AvgIpc) is 2.27. The van der Waals surface area contributed by atoms with E-state index in [2.05, 4.69) is 0 Å². The van der Waals surface area contributed by atoms with Crippen LogP contribution in [0.5, 0.6) is 0 Å². The van der Waals surface area contributed by atoms with Gasteiger partial charge in [-0.15, -0.1) is 0 Å². The van der Waals surface area contributed by atoms with Gasteiger partial charge < -0.3 is 9.47 Å². The van der Waals surface area contributed by atoms with Crippen LogP contribution in [0.15, 0.2) is 18.2 Å². The van der Waals surface area contributed by atoms with Gasteiger partial charge in [-0.1, -0.05) is 0 Å². The molecule has 0 amide bonds. The second kappa shape index (κ2) is 5.37. The summed E-state index contributed by atoms with van der Waals surface area (Å²) in [4.78, 5) is 0. The fourth-order valence-electron chi connectivity index (χ4n) is 1.75. The van der Waals surface area contributed by atoms with Crippen molar-refractivity contribution in [1.82, 2.24) is 0 Å². The molecule has 0 spiro atoms. The van der Waals surface area contributed by atoms with E-state index in [-0.39, 0.29) is 12.7 Å².